The molecular formula is C10H16N2O2. The van der Waals surface area contributed by atoms with Crippen LogP contribution in [0, 0.1) is 11.8 Å². The average molecular weight is 196 g/mol. The van der Waals surface area contributed by atoms with Crippen LogP contribution in [0.15, 0.2) is 0 Å². The summed E-state index contributed by atoms with van der Waals surface area (Å²) in [5.41, 5.74) is -0.277. The van der Waals surface area contributed by atoms with Crippen LogP contribution in [0.3, 0.4) is 0 Å². The molecular weight excluding hydrogens is 180 g/mol. The molecule has 3 N–H and O–H groups in total. The van der Waals surface area contributed by atoms with Gasteiger partial charge in [-0.05, 0) is 43.9 Å². The highest BCUT2D eigenvalue weighted by Gasteiger charge is 2.51. The zero-order chi connectivity index (χ0) is 9.76. The van der Waals surface area contributed by atoms with Crippen molar-refractivity contribution in [2.24, 2.45) is 11.8 Å². The van der Waals surface area contributed by atoms with Gasteiger partial charge in [-0.1, -0.05) is 0 Å². The Morgan fingerprint density at radius 2 is 1.93 bits per heavy atom. The van der Waals surface area contributed by atoms with Crippen molar-refractivity contribution < 1.29 is 9.90 Å². The summed E-state index contributed by atoms with van der Waals surface area (Å²) < 4.78 is 0. The SMILES string of the molecule is O=C(O)NC12CC3CC(CC(C3)N1)C2. The maximum absolute atomic E-state index is 10.7. The van der Waals surface area contributed by atoms with Crippen LogP contribution >= 0.6 is 0 Å². The molecule has 2 aliphatic carbocycles. The Morgan fingerprint density at radius 1 is 1.29 bits per heavy atom. The molecule has 4 rings (SSSR count). The van der Waals surface area contributed by atoms with Gasteiger partial charge in [-0.3, -0.25) is 5.32 Å². The molecule has 2 saturated heterocycles. The van der Waals surface area contributed by atoms with Crippen molar-refractivity contribution in [3.05, 3.63) is 0 Å². The van der Waals surface area contributed by atoms with Gasteiger partial charge in [0.1, 0.15) is 0 Å². The summed E-state index contributed by atoms with van der Waals surface area (Å²) in [6.45, 7) is 0. The van der Waals surface area contributed by atoms with Crippen molar-refractivity contribution in [2.45, 2.75) is 43.8 Å². The van der Waals surface area contributed by atoms with Gasteiger partial charge in [-0.25, -0.2) is 4.79 Å². The predicted octanol–water partition coefficient (Wildman–Crippen LogP) is 1.13. The normalized spacial score (nSPS) is 49.3. The number of carbonyl (C=O) groups is 1. The van der Waals surface area contributed by atoms with E-state index in [1.165, 1.54) is 19.3 Å². The minimum atomic E-state index is -0.889. The van der Waals surface area contributed by atoms with Gasteiger partial charge in [0.25, 0.3) is 0 Å². The highest BCUT2D eigenvalue weighted by atomic mass is 16.4. The fourth-order valence-corrected chi connectivity index (χ4v) is 3.94. The molecule has 2 aliphatic heterocycles. The third-order valence-electron chi connectivity index (χ3n) is 4.00. The number of carboxylic acid groups (broad SMARTS) is 1. The predicted molar refractivity (Wildman–Crippen MR) is 50.9 cm³/mol. The lowest BCUT2D eigenvalue weighted by atomic mass is 9.62. The van der Waals surface area contributed by atoms with E-state index in [2.05, 4.69) is 10.6 Å². The van der Waals surface area contributed by atoms with E-state index < -0.39 is 6.09 Å². The van der Waals surface area contributed by atoms with Crippen LogP contribution < -0.4 is 10.6 Å². The van der Waals surface area contributed by atoms with Gasteiger partial charge in [0.05, 0.1) is 5.66 Å². The summed E-state index contributed by atoms with van der Waals surface area (Å²) in [5, 5.41) is 15.0. The third kappa shape index (κ3) is 1.21. The van der Waals surface area contributed by atoms with Gasteiger partial charge in [0, 0.05) is 6.04 Å². The van der Waals surface area contributed by atoms with E-state index >= 15 is 0 Å². The molecule has 0 radical (unpaired) electrons. The van der Waals surface area contributed by atoms with Crippen LogP contribution in [-0.2, 0) is 0 Å². The molecule has 14 heavy (non-hydrogen) atoms. The van der Waals surface area contributed by atoms with Gasteiger partial charge in [0.2, 0.25) is 0 Å². The van der Waals surface area contributed by atoms with Crippen molar-refractivity contribution in [1.82, 2.24) is 10.6 Å². The van der Waals surface area contributed by atoms with Crippen molar-refractivity contribution in [3.8, 4) is 0 Å². The number of rotatable bonds is 1. The van der Waals surface area contributed by atoms with E-state index in [9.17, 15) is 4.79 Å². The molecule has 4 fully saturated rings. The molecule has 0 aromatic carbocycles. The number of amides is 1. The Morgan fingerprint density at radius 3 is 2.43 bits per heavy atom. The molecule has 4 heteroatoms. The highest BCUT2D eigenvalue weighted by Crippen LogP contribution is 2.48. The molecule has 4 aliphatic rings. The van der Waals surface area contributed by atoms with Crippen LogP contribution in [-0.4, -0.2) is 22.9 Å². The minimum Gasteiger partial charge on any atom is -0.465 e. The summed E-state index contributed by atoms with van der Waals surface area (Å²) in [6, 6.07) is 0.563. The molecule has 4 bridgehead atoms. The summed E-state index contributed by atoms with van der Waals surface area (Å²) in [7, 11) is 0. The Kier molecular flexibility index (Phi) is 1.60. The number of nitrogens with one attached hydrogen (secondary N) is 2. The van der Waals surface area contributed by atoms with Crippen molar-refractivity contribution in [3.63, 3.8) is 0 Å². The Balaban J connectivity index is 1.83. The summed E-state index contributed by atoms with van der Waals surface area (Å²) in [4.78, 5) is 10.7. The van der Waals surface area contributed by atoms with Crippen LogP contribution in [0.4, 0.5) is 4.79 Å². The molecule has 0 aromatic rings. The van der Waals surface area contributed by atoms with E-state index in [0.29, 0.717) is 6.04 Å². The molecule has 0 aromatic heterocycles. The average Bonchev–Trinajstić information content (AvgIpc) is 1.96. The van der Waals surface area contributed by atoms with Gasteiger partial charge < -0.3 is 10.4 Å². The second-order valence-electron chi connectivity index (χ2n) is 5.20. The second kappa shape index (κ2) is 2.63. The van der Waals surface area contributed by atoms with Gasteiger partial charge >= 0.3 is 6.09 Å². The summed E-state index contributed by atoms with van der Waals surface area (Å²) in [6.07, 6.45) is 4.92. The first-order valence-corrected chi connectivity index (χ1v) is 5.44. The maximum Gasteiger partial charge on any atom is 0.406 e. The van der Waals surface area contributed by atoms with Crippen LogP contribution in [0.1, 0.15) is 32.1 Å². The molecule has 2 saturated carbocycles. The van der Waals surface area contributed by atoms with Gasteiger partial charge in [-0.15, -0.1) is 0 Å². The molecule has 4 nitrogen and oxygen atoms in total. The molecule has 2 heterocycles. The number of hydrogen-bond acceptors (Lipinski definition) is 2. The largest absolute Gasteiger partial charge is 0.465 e. The van der Waals surface area contributed by atoms with E-state index in [4.69, 9.17) is 5.11 Å². The monoisotopic (exact) mass is 196 g/mol. The zero-order valence-electron chi connectivity index (χ0n) is 8.12. The molecule has 1 amide bonds. The van der Waals surface area contributed by atoms with E-state index in [1.54, 1.807) is 0 Å². The smallest absolute Gasteiger partial charge is 0.406 e. The zero-order valence-corrected chi connectivity index (χ0v) is 8.12. The summed E-state index contributed by atoms with van der Waals surface area (Å²) in [5.74, 6) is 1.50. The van der Waals surface area contributed by atoms with Crippen LogP contribution in [0.5, 0.6) is 0 Å². The number of piperidine rings is 2. The molecule has 2 atom stereocenters. The van der Waals surface area contributed by atoms with Crippen LogP contribution in [0.25, 0.3) is 0 Å². The molecule has 2 unspecified atom stereocenters. The van der Waals surface area contributed by atoms with Crippen molar-refractivity contribution >= 4 is 6.09 Å². The highest BCUT2D eigenvalue weighted by molar-refractivity contribution is 5.65. The first kappa shape index (κ1) is 8.53. The Hall–Kier alpha value is -0.770. The Bertz CT molecular complexity index is 242. The lowest BCUT2D eigenvalue weighted by Gasteiger charge is -2.57. The van der Waals surface area contributed by atoms with Crippen LogP contribution in [0.2, 0.25) is 0 Å². The fraction of sp³-hybridized carbons (Fsp3) is 0.900. The summed E-state index contributed by atoms with van der Waals surface area (Å²) >= 11 is 0. The quantitative estimate of drug-likeness (QED) is 0.589. The van der Waals surface area contributed by atoms with E-state index in [-0.39, 0.29) is 5.66 Å². The molecule has 78 valence electrons. The minimum absolute atomic E-state index is 0.277. The van der Waals surface area contributed by atoms with Gasteiger partial charge in [-0.2, -0.15) is 0 Å². The topological polar surface area (TPSA) is 61.4 Å². The lowest BCUT2D eigenvalue weighted by Crippen LogP contribution is -2.71. The maximum atomic E-state index is 10.7. The van der Waals surface area contributed by atoms with Crippen molar-refractivity contribution in [2.75, 3.05) is 0 Å². The lowest BCUT2D eigenvalue weighted by molar-refractivity contribution is -0.0179. The molecule has 0 spiro atoms. The number of hydrogen-bond donors (Lipinski definition) is 3. The van der Waals surface area contributed by atoms with Gasteiger partial charge in [0.15, 0.2) is 0 Å². The van der Waals surface area contributed by atoms with E-state index in [1.807, 2.05) is 0 Å². The Labute approximate surface area is 83.1 Å². The fourth-order valence-electron chi connectivity index (χ4n) is 3.94. The van der Waals surface area contributed by atoms with Crippen molar-refractivity contribution in [1.29, 1.82) is 0 Å². The standard InChI is InChI=1S/C10H16N2O2/c13-9(14)12-10-4-6-1-7(5-10)3-8(2-6)11-10/h6-8,11-12H,1-5H2,(H,13,14). The first-order chi connectivity index (χ1) is 6.65. The first-order valence-electron chi connectivity index (χ1n) is 5.44. The second-order valence-corrected chi connectivity index (χ2v) is 5.20. The van der Waals surface area contributed by atoms with E-state index in [0.717, 1.165) is 24.7 Å². The third-order valence-corrected chi connectivity index (χ3v) is 4.00.